The number of benzene rings is 2. The Labute approximate surface area is 193 Å². The summed E-state index contributed by atoms with van der Waals surface area (Å²) in [5, 5.41) is 3.18. The first-order valence-electron chi connectivity index (χ1n) is 10.0. The van der Waals surface area contributed by atoms with Crippen LogP contribution in [0.2, 0.25) is 10.0 Å². The van der Waals surface area contributed by atoms with Crippen LogP contribution in [0.5, 0.6) is 11.5 Å². The minimum Gasteiger partial charge on any atom is -0.495 e. The van der Waals surface area contributed by atoms with E-state index >= 15 is 0 Å². The van der Waals surface area contributed by atoms with E-state index in [0.717, 1.165) is 0 Å². The molecule has 0 bridgehead atoms. The first-order chi connectivity index (χ1) is 14.7. The summed E-state index contributed by atoms with van der Waals surface area (Å²) in [6.07, 6.45) is 1.66. The quantitative estimate of drug-likeness (QED) is 0.407. The summed E-state index contributed by atoms with van der Waals surface area (Å²) in [4.78, 5) is 12.6. The zero-order valence-electron chi connectivity index (χ0n) is 17.8. The van der Waals surface area contributed by atoms with Crippen LogP contribution in [0.1, 0.15) is 39.5 Å². The number of rotatable bonds is 11. The van der Waals surface area contributed by atoms with Gasteiger partial charge in [0.1, 0.15) is 11.5 Å². The van der Waals surface area contributed by atoms with E-state index in [9.17, 15) is 13.2 Å². The van der Waals surface area contributed by atoms with Crippen LogP contribution in [0.3, 0.4) is 0 Å². The standard InChI is InChI=1S/C22H27Cl2NO5S/c1-4-16(5-2)31(27,28)17-9-11-21(29-3)19(14-17)25-22(26)7-6-12-30-20-10-8-15(23)13-18(20)24/h8-11,13-14,16H,4-7,12H2,1-3H3,(H,25,26). The van der Waals surface area contributed by atoms with Gasteiger partial charge in [0.05, 0.1) is 34.6 Å². The Morgan fingerprint density at radius 3 is 2.35 bits per heavy atom. The maximum Gasteiger partial charge on any atom is 0.224 e. The van der Waals surface area contributed by atoms with Crippen LogP contribution in [-0.2, 0) is 14.6 Å². The third-order valence-electron chi connectivity index (χ3n) is 4.82. The summed E-state index contributed by atoms with van der Waals surface area (Å²) in [5.74, 6) is 0.606. The van der Waals surface area contributed by atoms with Gasteiger partial charge in [0.25, 0.3) is 0 Å². The maximum atomic E-state index is 12.8. The van der Waals surface area contributed by atoms with Gasteiger partial charge >= 0.3 is 0 Å². The van der Waals surface area contributed by atoms with Crippen molar-refractivity contribution in [2.24, 2.45) is 0 Å². The molecule has 0 saturated heterocycles. The smallest absolute Gasteiger partial charge is 0.224 e. The monoisotopic (exact) mass is 487 g/mol. The molecular formula is C22H27Cl2NO5S. The molecule has 0 aliphatic rings. The predicted octanol–water partition coefficient (Wildman–Crippen LogP) is 5.76. The van der Waals surface area contributed by atoms with Gasteiger partial charge in [-0.25, -0.2) is 8.42 Å². The fraction of sp³-hybridized carbons (Fsp3) is 0.409. The third kappa shape index (κ3) is 6.76. The van der Waals surface area contributed by atoms with Gasteiger partial charge in [0.2, 0.25) is 5.91 Å². The van der Waals surface area contributed by atoms with Crippen molar-refractivity contribution in [1.82, 2.24) is 0 Å². The molecule has 0 heterocycles. The van der Waals surface area contributed by atoms with Crippen LogP contribution in [0.25, 0.3) is 0 Å². The Hall–Kier alpha value is -1.96. The van der Waals surface area contributed by atoms with Crippen LogP contribution < -0.4 is 14.8 Å². The number of halogens is 2. The number of hydrogen-bond donors (Lipinski definition) is 1. The Balaban J connectivity index is 2.01. The molecule has 0 unspecified atom stereocenters. The topological polar surface area (TPSA) is 81.7 Å². The van der Waals surface area contributed by atoms with Crippen molar-refractivity contribution < 1.29 is 22.7 Å². The molecule has 1 N–H and O–H groups in total. The lowest BCUT2D eigenvalue weighted by Crippen LogP contribution is -2.20. The molecule has 0 aromatic heterocycles. The number of sulfone groups is 1. The zero-order chi connectivity index (χ0) is 23.0. The van der Waals surface area contributed by atoms with E-state index in [1.807, 2.05) is 13.8 Å². The summed E-state index contributed by atoms with van der Waals surface area (Å²) in [7, 11) is -2.03. The summed E-state index contributed by atoms with van der Waals surface area (Å²) < 4.78 is 36.5. The molecule has 1 amide bonds. The summed E-state index contributed by atoms with van der Waals surface area (Å²) in [6, 6.07) is 9.43. The molecule has 0 aliphatic carbocycles. The molecule has 0 fully saturated rings. The van der Waals surface area contributed by atoms with E-state index in [-0.39, 0.29) is 23.8 Å². The van der Waals surface area contributed by atoms with Crippen molar-refractivity contribution >= 4 is 44.6 Å². The SMILES string of the molecule is CCC(CC)S(=O)(=O)c1ccc(OC)c(NC(=O)CCCOc2ccc(Cl)cc2Cl)c1. The number of hydrogen-bond acceptors (Lipinski definition) is 5. The van der Waals surface area contributed by atoms with E-state index in [2.05, 4.69) is 5.32 Å². The average molecular weight is 488 g/mol. The Kier molecular flexibility index (Phi) is 9.47. The fourth-order valence-electron chi connectivity index (χ4n) is 3.10. The van der Waals surface area contributed by atoms with Crippen molar-refractivity contribution in [3.63, 3.8) is 0 Å². The van der Waals surface area contributed by atoms with E-state index in [4.69, 9.17) is 32.7 Å². The highest BCUT2D eigenvalue weighted by atomic mass is 35.5. The van der Waals surface area contributed by atoms with Gasteiger partial charge in [-0.15, -0.1) is 0 Å². The lowest BCUT2D eigenvalue weighted by molar-refractivity contribution is -0.116. The third-order valence-corrected chi connectivity index (χ3v) is 7.81. The molecule has 2 aromatic carbocycles. The lowest BCUT2D eigenvalue weighted by atomic mass is 10.2. The van der Waals surface area contributed by atoms with Gasteiger partial charge in [-0.05, 0) is 55.7 Å². The lowest BCUT2D eigenvalue weighted by Gasteiger charge is -2.16. The Bertz CT molecular complexity index is 1010. The largest absolute Gasteiger partial charge is 0.495 e. The minimum absolute atomic E-state index is 0.165. The van der Waals surface area contributed by atoms with Gasteiger partial charge < -0.3 is 14.8 Å². The summed E-state index contributed by atoms with van der Waals surface area (Å²) in [5.41, 5.74) is 0.321. The first kappa shape index (κ1) is 25.3. The number of carbonyl (C=O) groups is 1. The fourth-order valence-corrected chi connectivity index (χ4v) is 5.37. The molecule has 2 aromatic rings. The number of amides is 1. The molecular weight excluding hydrogens is 461 g/mol. The Morgan fingerprint density at radius 1 is 1.06 bits per heavy atom. The van der Waals surface area contributed by atoms with Crippen LogP contribution in [0.4, 0.5) is 5.69 Å². The summed E-state index contributed by atoms with van der Waals surface area (Å²) >= 11 is 11.9. The second-order valence-corrected chi connectivity index (χ2v) is 9.99. The number of nitrogens with one attached hydrogen (secondary N) is 1. The van der Waals surface area contributed by atoms with Crippen molar-refractivity contribution in [3.05, 3.63) is 46.4 Å². The van der Waals surface area contributed by atoms with Crippen LogP contribution in [0, 0.1) is 0 Å². The number of anilines is 1. The van der Waals surface area contributed by atoms with Crippen LogP contribution >= 0.6 is 23.2 Å². The highest BCUT2D eigenvalue weighted by Gasteiger charge is 2.25. The molecule has 6 nitrogen and oxygen atoms in total. The highest BCUT2D eigenvalue weighted by Crippen LogP contribution is 2.31. The molecule has 0 atom stereocenters. The molecule has 31 heavy (non-hydrogen) atoms. The predicted molar refractivity (Wildman–Crippen MR) is 124 cm³/mol. The van der Waals surface area contributed by atoms with Gasteiger partial charge in [-0.1, -0.05) is 37.0 Å². The van der Waals surface area contributed by atoms with Crippen molar-refractivity contribution in [1.29, 1.82) is 0 Å². The molecule has 0 saturated carbocycles. The number of ether oxygens (including phenoxy) is 2. The van der Waals surface area contributed by atoms with Crippen LogP contribution in [0.15, 0.2) is 41.3 Å². The number of methoxy groups -OCH3 is 1. The van der Waals surface area contributed by atoms with E-state index < -0.39 is 15.1 Å². The molecule has 0 radical (unpaired) electrons. The average Bonchev–Trinajstić information content (AvgIpc) is 2.73. The molecule has 0 aliphatic heterocycles. The van der Waals surface area contributed by atoms with Crippen molar-refractivity contribution in [2.45, 2.75) is 49.7 Å². The normalized spacial score (nSPS) is 11.4. The zero-order valence-corrected chi connectivity index (χ0v) is 20.1. The molecule has 9 heteroatoms. The van der Waals surface area contributed by atoms with Crippen molar-refractivity contribution in [2.75, 3.05) is 19.0 Å². The highest BCUT2D eigenvalue weighted by molar-refractivity contribution is 7.92. The van der Waals surface area contributed by atoms with E-state index in [1.54, 1.807) is 24.3 Å². The van der Waals surface area contributed by atoms with Crippen LogP contribution in [-0.4, -0.2) is 33.3 Å². The van der Waals surface area contributed by atoms with Crippen molar-refractivity contribution in [3.8, 4) is 11.5 Å². The van der Waals surface area contributed by atoms with Gasteiger partial charge in [-0.3, -0.25) is 4.79 Å². The Morgan fingerprint density at radius 2 is 1.74 bits per heavy atom. The first-order valence-corrected chi connectivity index (χ1v) is 12.3. The van der Waals surface area contributed by atoms with Gasteiger partial charge in [0, 0.05) is 11.4 Å². The summed E-state index contributed by atoms with van der Waals surface area (Å²) in [6.45, 7) is 3.98. The molecule has 0 spiro atoms. The second-order valence-electron chi connectivity index (χ2n) is 6.92. The van der Waals surface area contributed by atoms with Gasteiger partial charge in [-0.2, -0.15) is 0 Å². The second kappa shape index (κ2) is 11.6. The minimum atomic E-state index is -3.49. The van der Waals surface area contributed by atoms with Gasteiger partial charge in [0.15, 0.2) is 9.84 Å². The maximum absolute atomic E-state index is 12.8. The number of carbonyl (C=O) groups excluding carboxylic acids is 1. The van der Waals surface area contributed by atoms with E-state index in [1.165, 1.54) is 19.2 Å². The molecule has 170 valence electrons. The van der Waals surface area contributed by atoms with E-state index in [0.29, 0.717) is 46.5 Å². The molecule has 2 rings (SSSR count).